The Morgan fingerprint density at radius 2 is 1.59 bits per heavy atom. The molecule has 0 aliphatic carbocycles. The van der Waals surface area contributed by atoms with Crippen LogP contribution in [0.2, 0.25) is 0 Å². The minimum atomic E-state index is -0.987. The summed E-state index contributed by atoms with van der Waals surface area (Å²) in [5, 5.41) is 13.5. The third kappa shape index (κ3) is 12.7. The summed E-state index contributed by atoms with van der Waals surface area (Å²) in [6, 6.07) is 0. The largest absolute Gasteiger partial charge is 0.465 e. The fraction of sp³-hybridized carbons (Fsp3) is 0.833. The molecule has 0 aliphatic heterocycles. The monoisotopic (exact) mass is 244 g/mol. The van der Waals surface area contributed by atoms with Gasteiger partial charge in [-0.25, -0.2) is 4.79 Å². The number of amides is 2. The van der Waals surface area contributed by atoms with Crippen LogP contribution in [0.25, 0.3) is 0 Å². The van der Waals surface area contributed by atoms with Crippen molar-refractivity contribution in [3.8, 4) is 0 Å². The average Bonchev–Trinajstić information content (AvgIpc) is 2.29. The van der Waals surface area contributed by atoms with Crippen LogP contribution in [-0.4, -0.2) is 30.2 Å². The number of carbonyl (C=O) groups is 2. The highest BCUT2D eigenvalue weighted by Gasteiger charge is 2.00. The highest BCUT2D eigenvalue weighted by Crippen LogP contribution is 1.99. The van der Waals surface area contributed by atoms with Gasteiger partial charge < -0.3 is 15.7 Å². The molecule has 0 unspecified atom stereocenters. The number of hydrogen-bond acceptors (Lipinski definition) is 2. The number of unbranched alkanes of at least 4 members (excludes halogenated alkanes) is 4. The second-order valence-electron chi connectivity index (χ2n) is 4.10. The summed E-state index contributed by atoms with van der Waals surface area (Å²) < 4.78 is 0. The lowest BCUT2D eigenvalue weighted by molar-refractivity contribution is -0.121. The Balaban J connectivity index is 3.19. The molecule has 0 atom stereocenters. The summed E-state index contributed by atoms with van der Waals surface area (Å²) in [6.45, 7) is 3.37. The lowest BCUT2D eigenvalue weighted by Crippen LogP contribution is -2.24. The fourth-order valence-corrected chi connectivity index (χ4v) is 1.47. The smallest absolute Gasteiger partial charge is 0.404 e. The molecule has 0 radical (unpaired) electrons. The van der Waals surface area contributed by atoms with Crippen LogP contribution in [0, 0.1) is 0 Å². The first-order valence-electron chi connectivity index (χ1n) is 6.40. The highest BCUT2D eigenvalue weighted by molar-refractivity contribution is 5.75. The van der Waals surface area contributed by atoms with Gasteiger partial charge in [0.1, 0.15) is 0 Å². The molecule has 0 aromatic heterocycles. The molecule has 0 saturated heterocycles. The Morgan fingerprint density at radius 1 is 0.941 bits per heavy atom. The zero-order valence-corrected chi connectivity index (χ0v) is 10.6. The van der Waals surface area contributed by atoms with E-state index in [1.165, 1.54) is 0 Å². The highest BCUT2D eigenvalue weighted by atomic mass is 16.4. The van der Waals surface area contributed by atoms with E-state index in [2.05, 4.69) is 17.6 Å². The molecular formula is C12H24N2O3. The van der Waals surface area contributed by atoms with E-state index in [1.807, 2.05) is 0 Å². The van der Waals surface area contributed by atoms with Crippen molar-refractivity contribution < 1.29 is 14.7 Å². The molecule has 0 aliphatic rings. The van der Waals surface area contributed by atoms with Crippen molar-refractivity contribution in [1.82, 2.24) is 10.6 Å². The summed E-state index contributed by atoms with van der Waals surface area (Å²) in [5.74, 6) is 0.104. The van der Waals surface area contributed by atoms with Gasteiger partial charge in [-0.1, -0.05) is 26.2 Å². The Labute approximate surface area is 103 Å². The maximum atomic E-state index is 11.3. The maximum absolute atomic E-state index is 11.3. The molecule has 0 aromatic carbocycles. The molecule has 0 fully saturated rings. The van der Waals surface area contributed by atoms with Gasteiger partial charge in [-0.3, -0.25) is 4.79 Å². The number of hydrogen-bond donors (Lipinski definition) is 3. The molecule has 0 saturated carbocycles. The Hall–Kier alpha value is -1.26. The van der Waals surface area contributed by atoms with E-state index in [9.17, 15) is 9.59 Å². The maximum Gasteiger partial charge on any atom is 0.404 e. The van der Waals surface area contributed by atoms with Crippen LogP contribution < -0.4 is 10.6 Å². The van der Waals surface area contributed by atoms with Gasteiger partial charge in [0.25, 0.3) is 0 Å². The molecule has 0 rings (SSSR count). The number of rotatable bonds is 10. The van der Waals surface area contributed by atoms with Crippen LogP contribution in [0.1, 0.15) is 51.9 Å². The average molecular weight is 244 g/mol. The van der Waals surface area contributed by atoms with E-state index in [0.717, 1.165) is 45.1 Å². The molecule has 5 heteroatoms. The van der Waals surface area contributed by atoms with Crippen LogP contribution in [0.15, 0.2) is 0 Å². The second kappa shape index (κ2) is 11.2. The summed E-state index contributed by atoms with van der Waals surface area (Å²) >= 11 is 0. The van der Waals surface area contributed by atoms with Crippen LogP contribution >= 0.6 is 0 Å². The SMILES string of the molecule is CCCCCNC(=O)CCCCCNC(=O)O. The van der Waals surface area contributed by atoms with Crippen molar-refractivity contribution in [3.63, 3.8) is 0 Å². The summed E-state index contributed by atoms with van der Waals surface area (Å²) in [6.07, 6.45) is 5.40. The summed E-state index contributed by atoms with van der Waals surface area (Å²) in [7, 11) is 0. The van der Waals surface area contributed by atoms with Gasteiger partial charge in [0.2, 0.25) is 5.91 Å². The van der Waals surface area contributed by atoms with Crippen molar-refractivity contribution >= 4 is 12.0 Å². The van der Waals surface area contributed by atoms with E-state index in [-0.39, 0.29) is 5.91 Å². The van der Waals surface area contributed by atoms with Gasteiger partial charge in [0.15, 0.2) is 0 Å². The minimum Gasteiger partial charge on any atom is -0.465 e. The predicted molar refractivity (Wildman–Crippen MR) is 67.0 cm³/mol. The zero-order valence-electron chi connectivity index (χ0n) is 10.6. The molecule has 3 N–H and O–H groups in total. The Bertz CT molecular complexity index is 220. The standard InChI is InChI=1S/C12H24N2O3/c1-2-3-6-9-13-11(15)8-5-4-7-10-14-12(16)17/h14H,2-10H2,1H3,(H,13,15)(H,16,17). The van der Waals surface area contributed by atoms with Gasteiger partial charge in [0, 0.05) is 19.5 Å². The van der Waals surface area contributed by atoms with Crippen molar-refractivity contribution in [2.24, 2.45) is 0 Å². The van der Waals surface area contributed by atoms with E-state index in [0.29, 0.717) is 13.0 Å². The van der Waals surface area contributed by atoms with E-state index < -0.39 is 6.09 Å². The van der Waals surface area contributed by atoms with Crippen molar-refractivity contribution in [3.05, 3.63) is 0 Å². The van der Waals surface area contributed by atoms with E-state index in [1.54, 1.807) is 0 Å². The van der Waals surface area contributed by atoms with Crippen molar-refractivity contribution in [2.75, 3.05) is 13.1 Å². The van der Waals surface area contributed by atoms with Crippen LogP contribution in [0.3, 0.4) is 0 Å². The van der Waals surface area contributed by atoms with Crippen molar-refractivity contribution in [2.45, 2.75) is 51.9 Å². The molecule has 0 heterocycles. The van der Waals surface area contributed by atoms with E-state index >= 15 is 0 Å². The predicted octanol–water partition coefficient (Wildman–Crippen LogP) is 2.12. The van der Waals surface area contributed by atoms with E-state index in [4.69, 9.17) is 5.11 Å². The molecule has 2 amide bonds. The first kappa shape index (κ1) is 15.7. The Morgan fingerprint density at radius 3 is 2.24 bits per heavy atom. The number of nitrogens with one attached hydrogen (secondary N) is 2. The fourth-order valence-electron chi connectivity index (χ4n) is 1.47. The van der Waals surface area contributed by atoms with Crippen molar-refractivity contribution in [1.29, 1.82) is 0 Å². The lowest BCUT2D eigenvalue weighted by atomic mass is 10.2. The van der Waals surface area contributed by atoms with Gasteiger partial charge in [-0.2, -0.15) is 0 Å². The van der Waals surface area contributed by atoms with Gasteiger partial charge in [-0.15, -0.1) is 0 Å². The first-order valence-corrected chi connectivity index (χ1v) is 6.40. The molecule has 0 bridgehead atoms. The number of carboxylic acid groups (broad SMARTS) is 1. The molecule has 0 aromatic rings. The molecule has 5 nitrogen and oxygen atoms in total. The first-order chi connectivity index (χ1) is 8.16. The quantitative estimate of drug-likeness (QED) is 0.515. The normalized spacial score (nSPS) is 9.94. The molecule has 0 spiro atoms. The van der Waals surface area contributed by atoms with Crippen LogP contribution in [0.5, 0.6) is 0 Å². The van der Waals surface area contributed by atoms with Crippen LogP contribution in [-0.2, 0) is 4.79 Å². The third-order valence-electron chi connectivity index (χ3n) is 2.46. The zero-order chi connectivity index (χ0) is 12.9. The topological polar surface area (TPSA) is 78.4 Å². The molecular weight excluding hydrogens is 220 g/mol. The lowest BCUT2D eigenvalue weighted by Gasteiger charge is -2.04. The minimum absolute atomic E-state index is 0.104. The molecule has 17 heavy (non-hydrogen) atoms. The Kier molecular flexibility index (Phi) is 10.4. The van der Waals surface area contributed by atoms with Gasteiger partial charge in [0.05, 0.1) is 0 Å². The van der Waals surface area contributed by atoms with Gasteiger partial charge >= 0.3 is 6.09 Å². The summed E-state index contributed by atoms with van der Waals surface area (Å²) in [5.41, 5.74) is 0. The third-order valence-corrected chi connectivity index (χ3v) is 2.46. The second-order valence-corrected chi connectivity index (χ2v) is 4.10. The van der Waals surface area contributed by atoms with Gasteiger partial charge in [-0.05, 0) is 19.3 Å². The number of carbonyl (C=O) groups excluding carboxylic acids is 1. The van der Waals surface area contributed by atoms with Crippen LogP contribution in [0.4, 0.5) is 4.79 Å². The molecule has 100 valence electrons. The summed E-state index contributed by atoms with van der Waals surface area (Å²) in [4.78, 5) is 21.5.